The number of nitrogens with zero attached hydrogens (tertiary/aromatic N) is 1. The van der Waals surface area contributed by atoms with Crippen LogP contribution in [0.15, 0.2) is 12.1 Å². The standard InChI is InChI=1S/C16H23N3O/c1-10-3-6-15(11(2)17-10)19-16(20)9-12-7-13-4-5-14(8-12)18-13/h3,6,12-14,18H,4-5,7-9H2,1-2H3,(H,19,20). The summed E-state index contributed by atoms with van der Waals surface area (Å²) >= 11 is 0. The highest BCUT2D eigenvalue weighted by molar-refractivity contribution is 5.91. The molecule has 4 heteroatoms. The number of hydrogen-bond acceptors (Lipinski definition) is 3. The fourth-order valence-corrected chi connectivity index (χ4v) is 3.62. The molecule has 2 atom stereocenters. The molecule has 4 nitrogen and oxygen atoms in total. The molecule has 3 heterocycles. The highest BCUT2D eigenvalue weighted by atomic mass is 16.1. The van der Waals surface area contributed by atoms with E-state index in [0.717, 1.165) is 29.9 Å². The van der Waals surface area contributed by atoms with E-state index in [4.69, 9.17) is 0 Å². The van der Waals surface area contributed by atoms with Crippen LogP contribution in [0.25, 0.3) is 0 Å². The summed E-state index contributed by atoms with van der Waals surface area (Å²) in [4.78, 5) is 16.6. The minimum atomic E-state index is 0.130. The van der Waals surface area contributed by atoms with Crippen LogP contribution in [0.1, 0.15) is 43.5 Å². The molecule has 2 bridgehead atoms. The number of piperidine rings is 1. The molecule has 1 aromatic heterocycles. The van der Waals surface area contributed by atoms with E-state index in [2.05, 4.69) is 15.6 Å². The maximum Gasteiger partial charge on any atom is 0.224 e. The Balaban J connectivity index is 1.57. The summed E-state index contributed by atoms with van der Waals surface area (Å²) in [6.07, 6.45) is 5.50. The van der Waals surface area contributed by atoms with E-state index in [1.165, 1.54) is 12.8 Å². The second kappa shape index (κ2) is 5.52. The van der Waals surface area contributed by atoms with E-state index >= 15 is 0 Å². The zero-order valence-corrected chi connectivity index (χ0v) is 12.3. The number of aryl methyl sites for hydroxylation is 2. The third-order valence-corrected chi connectivity index (χ3v) is 4.54. The number of rotatable bonds is 3. The molecule has 0 radical (unpaired) electrons. The fraction of sp³-hybridized carbons (Fsp3) is 0.625. The van der Waals surface area contributed by atoms with Crippen LogP contribution < -0.4 is 10.6 Å². The number of carbonyl (C=O) groups excluding carboxylic acids is 1. The van der Waals surface area contributed by atoms with Gasteiger partial charge in [-0.05, 0) is 57.6 Å². The Morgan fingerprint density at radius 3 is 2.65 bits per heavy atom. The van der Waals surface area contributed by atoms with Crippen molar-refractivity contribution < 1.29 is 4.79 Å². The molecule has 2 N–H and O–H groups in total. The Kier molecular flexibility index (Phi) is 3.74. The lowest BCUT2D eigenvalue weighted by Gasteiger charge is -2.28. The number of amides is 1. The number of hydrogen-bond donors (Lipinski definition) is 2. The molecular weight excluding hydrogens is 250 g/mol. The summed E-state index contributed by atoms with van der Waals surface area (Å²) in [5.41, 5.74) is 2.72. The van der Waals surface area contributed by atoms with E-state index in [1.807, 2.05) is 26.0 Å². The highest BCUT2D eigenvalue weighted by Gasteiger charge is 2.34. The minimum Gasteiger partial charge on any atom is -0.324 e. The van der Waals surface area contributed by atoms with Gasteiger partial charge in [-0.15, -0.1) is 0 Å². The predicted octanol–water partition coefficient (Wildman–Crippen LogP) is 2.56. The van der Waals surface area contributed by atoms with Crippen molar-refractivity contribution in [1.82, 2.24) is 10.3 Å². The summed E-state index contributed by atoms with van der Waals surface area (Å²) in [7, 11) is 0. The molecule has 0 aliphatic carbocycles. The number of nitrogens with one attached hydrogen (secondary N) is 2. The van der Waals surface area contributed by atoms with Crippen molar-refractivity contribution in [1.29, 1.82) is 0 Å². The molecular formula is C16H23N3O. The van der Waals surface area contributed by atoms with Gasteiger partial charge in [0.2, 0.25) is 5.91 Å². The number of fused-ring (bicyclic) bond motifs is 2. The first-order chi connectivity index (χ1) is 9.60. The SMILES string of the molecule is Cc1ccc(NC(=O)CC2CC3CCC(C2)N3)c(C)n1. The van der Waals surface area contributed by atoms with Gasteiger partial charge in [0, 0.05) is 24.2 Å². The van der Waals surface area contributed by atoms with Crippen molar-refractivity contribution >= 4 is 11.6 Å². The lowest BCUT2D eigenvalue weighted by Crippen LogP contribution is -2.39. The van der Waals surface area contributed by atoms with Crippen LogP contribution in [-0.2, 0) is 4.79 Å². The van der Waals surface area contributed by atoms with Gasteiger partial charge >= 0.3 is 0 Å². The Labute approximate surface area is 120 Å². The second-order valence-electron chi connectivity index (χ2n) is 6.31. The normalized spacial score (nSPS) is 28.4. The van der Waals surface area contributed by atoms with E-state index in [-0.39, 0.29) is 5.91 Å². The lowest BCUT2D eigenvalue weighted by molar-refractivity contribution is -0.117. The Bertz CT molecular complexity index is 502. The number of pyridine rings is 1. The van der Waals surface area contributed by atoms with E-state index in [0.29, 0.717) is 24.4 Å². The number of carbonyl (C=O) groups is 1. The molecule has 2 aliphatic rings. The number of aromatic nitrogens is 1. The van der Waals surface area contributed by atoms with Crippen molar-refractivity contribution in [2.45, 2.75) is 58.0 Å². The molecule has 0 aromatic carbocycles. The molecule has 0 saturated carbocycles. The zero-order valence-electron chi connectivity index (χ0n) is 12.3. The largest absolute Gasteiger partial charge is 0.324 e. The van der Waals surface area contributed by atoms with Crippen LogP contribution in [-0.4, -0.2) is 23.0 Å². The second-order valence-corrected chi connectivity index (χ2v) is 6.31. The first-order valence-electron chi connectivity index (χ1n) is 7.60. The van der Waals surface area contributed by atoms with Gasteiger partial charge in [0.25, 0.3) is 0 Å². The quantitative estimate of drug-likeness (QED) is 0.890. The molecule has 2 saturated heterocycles. The monoisotopic (exact) mass is 273 g/mol. The molecule has 20 heavy (non-hydrogen) atoms. The first kappa shape index (κ1) is 13.6. The van der Waals surface area contributed by atoms with Gasteiger partial charge < -0.3 is 10.6 Å². The van der Waals surface area contributed by atoms with Crippen molar-refractivity contribution in [3.05, 3.63) is 23.5 Å². The first-order valence-corrected chi connectivity index (χ1v) is 7.60. The topological polar surface area (TPSA) is 54.0 Å². The summed E-state index contributed by atoms with van der Waals surface area (Å²) in [6.45, 7) is 3.90. The van der Waals surface area contributed by atoms with Gasteiger partial charge in [-0.2, -0.15) is 0 Å². The van der Waals surface area contributed by atoms with Crippen molar-refractivity contribution in [3.63, 3.8) is 0 Å². The van der Waals surface area contributed by atoms with Gasteiger partial charge in [0.1, 0.15) is 0 Å². The molecule has 1 amide bonds. The Hall–Kier alpha value is -1.42. The maximum absolute atomic E-state index is 12.2. The molecule has 1 aromatic rings. The molecule has 108 valence electrons. The Morgan fingerprint density at radius 1 is 1.30 bits per heavy atom. The molecule has 2 unspecified atom stereocenters. The molecule has 2 aliphatic heterocycles. The van der Waals surface area contributed by atoms with Crippen LogP contribution in [0.5, 0.6) is 0 Å². The lowest BCUT2D eigenvalue weighted by atomic mass is 9.89. The summed E-state index contributed by atoms with van der Waals surface area (Å²) in [5.74, 6) is 0.664. The van der Waals surface area contributed by atoms with Gasteiger partial charge in [0.05, 0.1) is 11.4 Å². The van der Waals surface area contributed by atoms with Crippen molar-refractivity contribution in [3.8, 4) is 0 Å². The molecule has 2 fully saturated rings. The summed E-state index contributed by atoms with van der Waals surface area (Å²) < 4.78 is 0. The molecule has 3 rings (SSSR count). The summed E-state index contributed by atoms with van der Waals surface area (Å²) in [5, 5.41) is 6.63. The minimum absolute atomic E-state index is 0.130. The van der Waals surface area contributed by atoms with Gasteiger partial charge in [-0.3, -0.25) is 9.78 Å². The average molecular weight is 273 g/mol. The van der Waals surface area contributed by atoms with Gasteiger partial charge in [-0.1, -0.05) is 0 Å². The van der Waals surface area contributed by atoms with E-state index in [1.54, 1.807) is 0 Å². The highest BCUT2D eigenvalue weighted by Crippen LogP contribution is 2.32. The predicted molar refractivity (Wildman–Crippen MR) is 79.6 cm³/mol. The van der Waals surface area contributed by atoms with Crippen LogP contribution >= 0.6 is 0 Å². The molecule has 0 spiro atoms. The van der Waals surface area contributed by atoms with E-state index in [9.17, 15) is 4.79 Å². The van der Waals surface area contributed by atoms with Crippen LogP contribution in [0, 0.1) is 19.8 Å². The van der Waals surface area contributed by atoms with E-state index < -0.39 is 0 Å². The van der Waals surface area contributed by atoms with Crippen LogP contribution in [0.3, 0.4) is 0 Å². The van der Waals surface area contributed by atoms with Gasteiger partial charge in [0.15, 0.2) is 0 Å². The Morgan fingerprint density at radius 2 is 2.00 bits per heavy atom. The van der Waals surface area contributed by atoms with Gasteiger partial charge in [-0.25, -0.2) is 0 Å². The average Bonchev–Trinajstić information content (AvgIpc) is 2.72. The summed E-state index contributed by atoms with van der Waals surface area (Å²) in [6, 6.07) is 5.18. The van der Waals surface area contributed by atoms with Crippen molar-refractivity contribution in [2.75, 3.05) is 5.32 Å². The smallest absolute Gasteiger partial charge is 0.224 e. The third kappa shape index (κ3) is 3.01. The van der Waals surface area contributed by atoms with Crippen LogP contribution in [0.2, 0.25) is 0 Å². The maximum atomic E-state index is 12.2. The fourth-order valence-electron chi connectivity index (χ4n) is 3.62. The third-order valence-electron chi connectivity index (χ3n) is 4.54. The zero-order chi connectivity index (χ0) is 14.1. The number of anilines is 1. The van der Waals surface area contributed by atoms with Crippen LogP contribution in [0.4, 0.5) is 5.69 Å². The van der Waals surface area contributed by atoms with Crippen molar-refractivity contribution in [2.24, 2.45) is 5.92 Å².